The van der Waals surface area contributed by atoms with Crippen LogP contribution in [0.4, 0.5) is 10.5 Å². The second kappa shape index (κ2) is 9.25. The molecule has 10 heteroatoms. The van der Waals surface area contributed by atoms with Crippen molar-refractivity contribution in [1.82, 2.24) is 9.62 Å². The van der Waals surface area contributed by atoms with Crippen LogP contribution in [0.3, 0.4) is 0 Å². The first-order chi connectivity index (χ1) is 13.8. The number of sulfonamides is 1. The summed E-state index contributed by atoms with van der Waals surface area (Å²) in [5.41, 5.74) is 5.69. The number of benzene rings is 1. The van der Waals surface area contributed by atoms with Gasteiger partial charge in [-0.25, -0.2) is 13.2 Å². The minimum Gasteiger partial charge on any atom is -0.351 e. The van der Waals surface area contributed by atoms with Gasteiger partial charge in [-0.05, 0) is 43.9 Å². The topological polar surface area (TPSA) is 134 Å². The predicted octanol–water partition coefficient (Wildman–Crippen LogP) is 1.67. The van der Waals surface area contributed by atoms with E-state index in [1.165, 1.54) is 17.0 Å². The van der Waals surface area contributed by atoms with Crippen molar-refractivity contribution in [1.29, 1.82) is 0 Å². The van der Waals surface area contributed by atoms with Crippen LogP contribution in [-0.2, 0) is 14.8 Å². The lowest BCUT2D eigenvalue weighted by Crippen LogP contribution is -2.46. The van der Waals surface area contributed by atoms with Crippen LogP contribution in [-0.4, -0.2) is 50.7 Å². The number of carbonyl (C=O) groups excluding carboxylic acids is 2. The summed E-state index contributed by atoms with van der Waals surface area (Å²) in [4.78, 5) is 29.7. The average molecular weight is 422 g/mol. The van der Waals surface area contributed by atoms with Gasteiger partial charge < -0.3 is 16.0 Å². The maximum Gasteiger partial charge on any atom is 0.314 e. The normalized spacial score (nSPS) is 20.3. The molecule has 0 spiro atoms. The number of primary amides is 1. The zero-order valence-electron chi connectivity index (χ0n) is 16.3. The van der Waals surface area contributed by atoms with Crippen LogP contribution >= 0.6 is 0 Å². The molecule has 2 heterocycles. The highest BCUT2D eigenvalue weighted by Gasteiger charge is 2.27. The first-order valence-corrected chi connectivity index (χ1v) is 11.3. The molecule has 0 aromatic heterocycles. The van der Waals surface area contributed by atoms with Crippen LogP contribution in [0, 0.1) is 5.92 Å². The molecule has 1 atom stereocenters. The van der Waals surface area contributed by atoms with Crippen LogP contribution in [0.2, 0.25) is 0 Å². The van der Waals surface area contributed by atoms with Gasteiger partial charge in [0.2, 0.25) is 5.91 Å². The van der Waals surface area contributed by atoms with Crippen molar-refractivity contribution < 1.29 is 18.0 Å². The molecule has 0 saturated carbocycles. The fraction of sp³-hybridized carbons (Fsp3) is 0.526. The number of carbonyl (C=O) groups is 2. The maximum absolute atomic E-state index is 12.7. The second-order valence-corrected chi connectivity index (χ2v) is 9.07. The summed E-state index contributed by atoms with van der Waals surface area (Å²) in [6.07, 6.45) is 4.84. The number of amides is 3. The Balaban J connectivity index is 1.68. The van der Waals surface area contributed by atoms with Crippen LogP contribution in [0.15, 0.2) is 34.2 Å². The lowest BCUT2D eigenvalue weighted by atomic mass is 9.97. The van der Waals surface area contributed by atoms with E-state index in [0.29, 0.717) is 43.9 Å². The van der Waals surface area contributed by atoms with Crippen molar-refractivity contribution in [3.63, 3.8) is 0 Å². The Morgan fingerprint density at radius 3 is 2.79 bits per heavy atom. The summed E-state index contributed by atoms with van der Waals surface area (Å²) in [6.45, 7) is 1.43. The molecule has 4 N–H and O–H groups in total. The first-order valence-electron chi connectivity index (χ1n) is 9.86. The van der Waals surface area contributed by atoms with Gasteiger partial charge in [0.25, 0.3) is 10.0 Å². The molecule has 2 aliphatic rings. The van der Waals surface area contributed by atoms with Crippen molar-refractivity contribution in [3.8, 4) is 0 Å². The number of likely N-dealkylation sites (tertiary alicyclic amines) is 1. The number of hydrogen-bond acceptors (Lipinski definition) is 5. The van der Waals surface area contributed by atoms with E-state index < -0.39 is 16.1 Å². The summed E-state index contributed by atoms with van der Waals surface area (Å²) < 4.78 is 28.0. The second-order valence-electron chi connectivity index (χ2n) is 7.39. The number of nitrogens with zero attached hydrogens (tertiary/aromatic N) is 2. The molecule has 0 radical (unpaired) electrons. The number of nitrogens with two attached hydrogens (primary N) is 1. The van der Waals surface area contributed by atoms with Gasteiger partial charge in [0.05, 0.1) is 10.8 Å². The van der Waals surface area contributed by atoms with Crippen LogP contribution in [0.25, 0.3) is 0 Å². The van der Waals surface area contributed by atoms with E-state index in [9.17, 15) is 18.0 Å². The number of anilines is 1. The van der Waals surface area contributed by atoms with Crippen molar-refractivity contribution in [2.45, 2.75) is 43.4 Å². The number of urea groups is 1. The van der Waals surface area contributed by atoms with Crippen molar-refractivity contribution >= 4 is 33.5 Å². The van der Waals surface area contributed by atoms with E-state index in [0.717, 1.165) is 19.3 Å². The molecule has 3 rings (SSSR count). The number of rotatable bonds is 4. The average Bonchev–Trinajstić information content (AvgIpc) is 2.96. The monoisotopic (exact) mass is 421 g/mol. The highest BCUT2D eigenvalue weighted by Crippen LogP contribution is 2.21. The van der Waals surface area contributed by atoms with Gasteiger partial charge in [-0.3, -0.25) is 14.5 Å². The smallest absolute Gasteiger partial charge is 0.314 e. The molecule has 29 heavy (non-hydrogen) atoms. The number of nitrogens with one attached hydrogen (secondary N) is 2. The SMILES string of the molecule is NC(=O)N1CCC[C@H](C(=O)Nc2cccc(S(=O)(=O)NC3=NCCCCC3)c2)C1. The first kappa shape index (κ1) is 21.1. The molecule has 158 valence electrons. The molecule has 3 amide bonds. The molecule has 1 saturated heterocycles. The highest BCUT2D eigenvalue weighted by molar-refractivity contribution is 7.90. The van der Waals surface area contributed by atoms with Crippen molar-refractivity contribution in [3.05, 3.63) is 24.3 Å². The third-order valence-corrected chi connectivity index (χ3v) is 6.52. The van der Waals surface area contributed by atoms with E-state index >= 15 is 0 Å². The Bertz CT molecular complexity index is 900. The molecule has 0 bridgehead atoms. The molecule has 1 fully saturated rings. The minimum atomic E-state index is -3.78. The summed E-state index contributed by atoms with van der Waals surface area (Å²) in [6, 6.07) is 5.57. The molecular formula is C19H27N5O4S. The molecule has 0 aliphatic carbocycles. The van der Waals surface area contributed by atoms with Gasteiger partial charge in [0.15, 0.2) is 0 Å². The van der Waals surface area contributed by atoms with Gasteiger partial charge in [0.1, 0.15) is 5.84 Å². The van der Waals surface area contributed by atoms with Crippen molar-refractivity contribution in [2.75, 3.05) is 25.0 Å². The third kappa shape index (κ3) is 5.69. The Morgan fingerprint density at radius 1 is 1.17 bits per heavy atom. The van der Waals surface area contributed by atoms with E-state index in [-0.39, 0.29) is 23.3 Å². The van der Waals surface area contributed by atoms with Gasteiger partial charge in [-0.1, -0.05) is 12.5 Å². The van der Waals surface area contributed by atoms with E-state index in [1.54, 1.807) is 12.1 Å². The number of amidine groups is 1. The minimum absolute atomic E-state index is 0.0599. The third-order valence-electron chi connectivity index (χ3n) is 5.14. The standard InChI is InChI=1S/C19H27N5O4S/c20-19(26)24-11-5-6-14(13-24)18(25)22-15-7-4-8-16(12-15)29(27,28)23-17-9-2-1-3-10-21-17/h4,7-8,12,14H,1-3,5-6,9-11,13H2,(H2,20,26)(H,21,23)(H,22,25)/t14-/m0/s1. The Labute approximate surface area is 170 Å². The Kier molecular flexibility index (Phi) is 6.73. The molecule has 1 aromatic rings. The summed E-state index contributed by atoms with van der Waals surface area (Å²) in [5.74, 6) is -0.160. The van der Waals surface area contributed by atoms with Gasteiger partial charge >= 0.3 is 6.03 Å². The van der Waals surface area contributed by atoms with Crippen LogP contribution in [0.1, 0.15) is 38.5 Å². The fourth-order valence-corrected chi connectivity index (χ4v) is 4.68. The zero-order valence-corrected chi connectivity index (χ0v) is 17.1. The predicted molar refractivity (Wildman–Crippen MR) is 110 cm³/mol. The molecule has 0 unspecified atom stereocenters. The van der Waals surface area contributed by atoms with Gasteiger partial charge in [-0.2, -0.15) is 0 Å². The Morgan fingerprint density at radius 2 is 2.00 bits per heavy atom. The van der Waals surface area contributed by atoms with Gasteiger partial charge in [0, 0.05) is 31.7 Å². The molecular weight excluding hydrogens is 394 g/mol. The quantitative estimate of drug-likeness (QED) is 0.681. The van der Waals surface area contributed by atoms with E-state index in [1.807, 2.05) is 0 Å². The molecule has 1 aromatic carbocycles. The largest absolute Gasteiger partial charge is 0.351 e. The summed E-state index contributed by atoms with van der Waals surface area (Å²) >= 11 is 0. The van der Waals surface area contributed by atoms with E-state index in [4.69, 9.17) is 5.73 Å². The fourth-order valence-electron chi connectivity index (χ4n) is 3.55. The van der Waals surface area contributed by atoms with E-state index in [2.05, 4.69) is 15.0 Å². The van der Waals surface area contributed by atoms with Crippen LogP contribution < -0.4 is 15.8 Å². The lowest BCUT2D eigenvalue weighted by Gasteiger charge is -2.30. The lowest BCUT2D eigenvalue weighted by molar-refractivity contribution is -0.121. The summed E-state index contributed by atoms with van der Waals surface area (Å²) in [5, 5.41) is 2.76. The maximum atomic E-state index is 12.7. The van der Waals surface area contributed by atoms with Crippen LogP contribution in [0.5, 0.6) is 0 Å². The highest BCUT2D eigenvalue weighted by atomic mass is 32.2. The van der Waals surface area contributed by atoms with Gasteiger partial charge in [-0.15, -0.1) is 0 Å². The number of piperidine rings is 1. The number of hydrogen-bond donors (Lipinski definition) is 3. The molecule has 9 nitrogen and oxygen atoms in total. The zero-order chi connectivity index (χ0) is 20.9. The molecule has 2 aliphatic heterocycles. The van der Waals surface area contributed by atoms with Crippen molar-refractivity contribution in [2.24, 2.45) is 16.6 Å². The number of aliphatic imine (C=N–C) groups is 1. The summed E-state index contributed by atoms with van der Waals surface area (Å²) in [7, 11) is -3.78. The Hall–Kier alpha value is -2.62.